The number of ether oxygens (including phenoxy) is 1. The molecule has 0 spiro atoms. The molecule has 3 heterocycles. The van der Waals surface area contributed by atoms with Gasteiger partial charge in [-0.25, -0.2) is 23.4 Å². The topological polar surface area (TPSA) is 118 Å². The van der Waals surface area contributed by atoms with E-state index in [0.29, 0.717) is 34.3 Å². The average molecular weight is 593 g/mol. The fraction of sp³-hybridized carbons (Fsp3) is 0.179. The lowest BCUT2D eigenvalue weighted by atomic mass is 10.1. The second kappa shape index (κ2) is 11.4. The van der Waals surface area contributed by atoms with E-state index in [-0.39, 0.29) is 16.0 Å². The number of benzene rings is 3. The number of aromatic nitrogens is 3. The molecule has 2 aromatic heterocycles. The highest BCUT2D eigenvalue weighted by atomic mass is 35.5. The van der Waals surface area contributed by atoms with E-state index in [0.717, 1.165) is 36.2 Å². The number of piperidine rings is 1. The number of fused-ring (bicyclic) bond motifs is 1. The van der Waals surface area contributed by atoms with Crippen LogP contribution in [-0.2, 0) is 10.0 Å². The second-order valence-corrected chi connectivity index (χ2v) is 12.1. The van der Waals surface area contributed by atoms with Crippen LogP contribution in [0.25, 0.3) is 21.3 Å². The predicted octanol–water partition coefficient (Wildman–Crippen LogP) is 6.16. The minimum atomic E-state index is -3.91. The largest absolute Gasteiger partial charge is 0.437 e. The van der Waals surface area contributed by atoms with E-state index in [2.05, 4.69) is 25.3 Å². The van der Waals surface area contributed by atoms with Gasteiger partial charge >= 0.3 is 0 Å². The van der Waals surface area contributed by atoms with Crippen LogP contribution in [0.3, 0.4) is 0 Å². The van der Waals surface area contributed by atoms with E-state index >= 15 is 0 Å². The van der Waals surface area contributed by atoms with E-state index < -0.39 is 10.0 Å². The van der Waals surface area contributed by atoms with Crippen molar-refractivity contribution in [3.05, 3.63) is 83.5 Å². The van der Waals surface area contributed by atoms with Crippen molar-refractivity contribution >= 4 is 55.4 Å². The van der Waals surface area contributed by atoms with Crippen molar-refractivity contribution in [2.75, 3.05) is 23.1 Å². The Morgan fingerprint density at radius 1 is 1.00 bits per heavy atom. The molecular weight excluding hydrogens is 568 g/mol. The number of rotatable bonds is 8. The van der Waals surface area contributed by atoms with E-state index in [1.54, 1.807) is 42.0 Å². The Hall–Kier alpha value is -3.77. The molecule has 1 aliphatic heterocycles. The van der Waals surface area contributed by atoms with Crippen LogP contribution in [0.2, 0.25) is 5.02 Å². The minimum Gasteiger partial charge on any atom is -0.437 e. The molecule has 1 saturated heterocycles. The molecule has 0 bridgehead atoms. The normalized spacial score (nSPS) is 15.6. The van der Waals surface area contributed by atoms with Gasteiger partial charge in [0.1, 0.15) is 15.5 Å². The fourth-order valence-electron chi connectivity index (χ4n) is 4.62. The van der Waals surface area contributed by atoms with Crippen molar-refractivity contribution in [3.8, 4) is 22.2 Å². The number of anilines is 2. The van der Waals surface area contributed by atoms with E-state index in [4.69, 9.17) is 21.3 Å². The summed E-state index contributed by atoms with van der Waals surface area (Å²) < 4.78 is 35.2. The SMILES string of the molecule is O=S(=O)(Nc1cccc2c(Oc3ncsc3-c3ccnc(N[C@H]4CCCNC4)n3)cccc12)c1ccccc1Cl. The summed E-state index contributed by atoms with van der Waals surface area (Å²) in [6.45, 7) is 1.91. The van der Waals surface area contributed by atoms with Crippen LogP contribution < -0.4 is 20.1 Å². The number of nitrogens with one attached hydrogen (secondary N) is 3. The van der Waals surface area contributed by atoms with Gasteiger partial charge in [-0.05, 0) is 49.7 Å². The minimum absolute atomic E-state index is 0.00616. The highest BCUT2D eigenvalue weighted by molar-refractivity contribution is 7.92. The standard InChI is InChI=1S/C28H25ClN6O3S2/c29-21-9-1-2-12-25(21)40(36,37)35-22-10-3-8-20-19(22)7-4-11-24(20)38-27-26(39-17-32-27)23-13-15-31-28(34-23)33-18-6-5-14-30-16-18/h1-4,7-13,15,17-18,30,35H,5-6,14,16H2,(H,31,33,34)/t18-/m0/s1. The molecule has 5 aromatic rings. The third kappa shape index (κ3) is 5.59. The monoisotopic (exact) mass is 592 g/mol. The van der Waals surface area contributed by atoms with Gasteiger partial charge < -0.3 is 15.4 Å². The Bertz CT molecular complexity index is 1770. The molecule has 9 nitrogen and oxygen atoms in total. The molecular formula is C28H25ClN6O3S2. The van der Waals surface area contributed by atoms with Crippen LogP contribution in [0.15, 0.2) is 83.3 Å². The molecule has 0 radical (unpaired) electrons. The molecule has 0 amide bonds. The Labute approximate surface area is 240 Å². The molecule has 1 fully saturated rings. The molecule has 1 atom stereocenters. The molecule has 0 aliphatic carbocycles. The van der Waals surface area contributed by atoms with E-state index in [1.165, 1.54) is 17.4 Å². The van der Waals surface area contributed by atoms with Gasteiger partial charge in [-0.2, -0.15) is 0 Å². The van der Waals surface area contributed by atoms with Crippen LogP contribution in [0.4, 0.5) is 11.6 Å². The van der Waals surface area contributed by atoms with Gasteiger partial charge in [-0.15, -0.1) is 11.3 Å². The second-order valence-electron chi connectivity index (χ2n) is 9.23. The fourth-order valence-corrected chi connectivity index (χ4v) is 6.90. The summed E-state index contributed by atoms with van der Waals surface area (Å²) in [5.41, 5.74) is 2.82. The summed E-state index contributed by atoms with van der Waals surface area (Å²) in [6, 6.07) is 19.2. The first kappa shape index (κ1) is 26.5. The zero-order valence-corrected chi connectivity index (χ0v) is 23.6. The third-order valence-corrected chi connectivity index (χ3v) is 9.21. The summed E-state index contributed by atoms with van der Waals surface area (Å²) in [5.74, 6) is 1.50. The molecule has 3 N–H and O–H groups in total. The number of nitrogens with zero attached hydrogens (tertiary/aromatic N) is 3. The number of sulfonamides is 1. The lowest BCUT2D eigenvalue weighted by Crippen LogP contribution is -2.38. The molecule has 1 aliphatic rings. The number of hydrogen-bond donors (Lipinski definition) is 3. The molecule has 40 heavy (non-hydrogen) atoms. The van der Waals surface area contributed by atoms with Gasteiger partial charge in [0.15, 0.2) is 0 Å². The lowest BCUT2D eigenvalue weighted by molar-refractivity contribution is 0.473. The van der Waals surface area contributed by atoms with Crippen molar-refractivity contribution in [1.82, 2.24) is 20.3 Å². The van der Waals surface area contributed by atoms with Gasteiger partial charge in [-0.1, -0.05) is 48.0 Å². The Morgan fingerprint density at radius 2 is 1.85 bits per heavy atom. The van der Waals surface area contributed by atoms with Crippen molar-refractivity contribution in [1.29, 1.82) is 0 Å². The third-order valence-electron chi connectivity index (χ3n) is 6.51. The quantitative estimate of drug-likeness (QED) is 0.196. The zero-order chi connectivity index (χ0) is 27.5. The summed E-state index contributed by atoms with van der Waals surface area (Å²) in [4.78, 5) is 14.3. The van der Waals surface area contributed by atoms with Gasteiger partial charge in [0.2, 0.25) is 11.8 Å². The van der Waals surface area contributed by atoms with Gasteiger partial charge in [0.05, 0.1) is 21.9 Å². The van der Waals surface area contributed by atoms with E-state index in [1.807, 2.05) is 30.3 Å². The molecule has 12 heteroatoms. The van der Waals surface area contributed by atoms with Gasteiger partial charge in [-0.3, -0.25) is 4.72 Å². The summed E-state index contributed by atoms with van der Waals surface area (Å²) >= 11 is 7.58. The van der Waals surface area contributed by atoms with E-state index in [9.17, 15) is 8.42 Å². The highest BCUT2D eigenvalue weighted by Crippen LogP contribution is 2.39. The smallest absolute Gasteiger partial charge is 0.263 e. The van der Waals surface area contributed by atoms with Crippen LogP contribution in [0.5, 0.6) is 11.6 Å². The van der Waals surface area contributed by atoms with Crippen molar-refractivity contribution in [2.45, 2.75) is 23.8 Å². The molecule has 0 saturated carbocycles. The summed E-state index contributed by atoms with van der Waals surface area (Å²) in [7, 11) is -3.91. The van der Waals surface area contributed by atoms with Crippen LogP contribution in [0.1, 0.15) is 12.8 Å². The average Bonchev–Trinajstić information content (AvgIpc) is 3.42. The van der Waals surface area contributed by atoms with Gasteiger partial charge in [0.25, 0.3) is 10.0 Å². The van der Waals surface area contributed by atoms with Crippen LogP contribution in [0, 0.1) is 0 Å². The first-order valence-corrected chi connectivity index (χ1v) is 15.4. The maximum Gasteiger partial charge on any atom is 0.263 e. The van der Waals surface area contributed by atoms with Crippen LogP contribution >= 0.6 is 22.9 Å². The maximum absolute atomic E-state index is 13.1. The zero-order valence-electron chi connectivity index (χ0n) is 21.2. The number of hydrogen-bond acceptors (Lipinski definition) is 9. The predicted molar refractivity (Wildman–Crippen MR) is 159 cm³/mol. The molecule has 3 aromatic carbocycles. The van der Waals surface area contributed by atoms with Crippen molar-refractivity contribution in [3.63, 3.8) is 0 Å². The summed E-state index contributed by atoms with van der Waals surface area (Å²) in [6.07, 6.45) is 3.89. The summed E-state index contributed by atoms with van der Waals surface area (Å²) in [5, 5.41) is 8.33. The number of halogens is 1. The van der Waals surface area contributed by atoms with Crippen molar-refractivity contribution < 1.29 is 13.2 Å². The van der Waals surface area contributed by atoms with Gasteiger partial charge in [0, 0.05) is 29.6 Å². The number of thiazole rings is 1. The van der Waals surface area contributed by atoms with Crippen molar-refractivity contribution in [2.24, 2.45) is 0 Å². The first-order chi connectivity index (χ1) is 19.5. The first-order valence-electron chi connectivity index (χ1n) is 12.7. The molecule has 204 valence electrons. The molecule has 0 unspecified atom stereocenters. The highest BCUT2D eigenvalue weighted by Gasteiger charge is 2.20. The lowest BCUT2D eigenvalue weighted by Gasteiger charge is -2.23. The Balaban J connectivity index is 1.28. The Kier molecular flexibility index (Phi) is 7.53. The Morgan fingerprint density at radius 3 is 2.70 bits per heavy atom. The maximum atomic E-state index is 13.1. The molecule has 6 rings (SSSR count). The van der Waals surface area contributed by atoms with Crippen LogP contribution in [-0.4, -0.2) is 42.5 Å².